The molecule has 1 aliphatic rings. The minimum Gasteiger partial charge on any atom is -0.484 e. The Labute approximate surface area is 139 Å². The number of rotatable bonds is 6. The molecule has 0 aromatic heterocycles. The summed E-state index contributed by atoms with van der Waals surface area (Å²) in [6.07, 6.45) is 0. The molecule has 0 radical (unpaired) electrons. The number of benzene rings is 1. The SMILES string of the molecule is N#C/C(=N\Nc1cccc(OCC(=O)N2CCOCC2)c1)C(=N)N. The number of ether oxygens (including phenoxy) is 2. The van der Waals surface area contributed by atoms with Gasteiger partial charge in [-0.05, 0) is 12.1 Å². The van der Waals surface area contributed by atoms with E-state index in [1.807, 2.05) is 0 Å². The van der Waals surface area contributed by atoms with E-state index in [0.717, 1.165) is 0 Å². The Morgan fingerprint density at radius 1 is 1.50 bits per heavy atom. The van der Waals surface area contributed by atoms with Gasteiger partial charge in [0.15, 0.2) is 12.4 Å². The topological polar surface area (TPSA) is 137 Å². The van der Waals surface area contributed by atoms with Crippen LogP contribution in [0.4, 0.5) is 5.69 Å². The molecule has 2 rings (SSSR count). The molecule has 9 heteroatoms. The van der Waals surface area contributed by atoms with Gasteiger partial charge in [0, 0.05) is 19.2 Å². The molecular formula is C15H18N6O3. The van der Waals surface area contributed by atoms with E-state index in [4.69, 9.17) is 25.9 Å². The van der Waals surface area contributed by atoms with Crippen molar-refractivity contribution in [3.8, 4) is 11.8 Å². The highest BCUT2D eigenvalue weighted by molar-refractivity contribution is 6.45. The molecule has 4 N–H and O–H groups in total. The van der Waals surface area contributed by atoms with Crippen LogP contribution in [0.1, 0.15) is 0 Å². The van der Waals surface area contributed by atoms with Crippen LogP contribution in [0.5, 0.6) is 5.75 Å². The second-order valence-corrected chi connectivity index (χ2v) is 4.91. The van der Waals surface area contributed by atoms with Crippen LogP contribution in [-0.2, 0) is 9.53 Å². The normalized spacial score (nSPS) is 14.6. The molecule has 0 aliphatic carbocycles. The molecule has 1 aliphatic heterocycles. The van der Waals surface area contributed by atoms with Gasteiger partial charge in [-0.3, -0.25) is 15.6 Å². The largest absolute Gasteiger partial charge is 0.484 e. The molecule has 1 fully saturated rings. The number of nitrogens with two attached hydrogens (primary N) is 1. The molecule has 0 atom stereocenters. The summed E-state index contributed by atoms with van der Waals surface area (Å²) in [6.45, 7) is 2.16. The number of morpholine rings is 1. The van der Waals surface area contributed by atoms with E-state index in [9.17, 15) is 4.79 Å². The number of nitriles is 1. The minimum absolute atomic E-state index is 0.0659. The predicted octanol–water partition coefficient (Wildman–Crippen LogP) is 0.152. The smallest absolute Gasteiger partial charge is 0.260 e. The molecule has 0 spiro atoms. The zero-order chi connectivity index (χ0) is 17.4. The van der Waals surface area contributed by atoms with Crippen LogP contribution in [-0.4, -0.2) is 55.3 Å². The number of hydrazone groups is 1. The van der Waals surface area contributed by atoms with Crippen LogP contribution in [0.25, 0.3) is 0 Å². The zero-order valence-corrected chi connectivity index (χ0v) is 13.0. The molecule has 1 heterocycles. The lowest BCUT2D eigenvalue weighted by Crippen LogP contribution is -2.42. The van der Waals surface area contributed by atoms with Crippen LogP contribution in [0.2, 0.25) is 0 Å². The van der Waals surface area contributed by atoms with Crippen molar-refractivity contribution >= 4 is 23.1 Å². The van der Waals surface area contributed by atoms with Gasteiger partial charge in [0.05, 0.1) is 18.9 Å². The maximum absolute atomic E-state index is 12.0. The third kappa shape index (κ3) is 4.96. The van der Waals surface area contributed by atoms with E-state index in [1.165, 1.54) is 0 Å². The first-order valence-corrected chi connectivity index (χ1v) is 7.26. The Kier molecular flexibility index (Phi) is 6.10. The molecule has 0 unspecified atom stereocenters. The van der Waals surface area contributed by atoms with Gasteiger partial charge in [0.2, 0.25) is 5.71 Å². The lowest BCUT2D eigenvalue weighted by Gasteiger charge is -2.26. The molecule has 1 saturated heterocycles. The van der Waals surface area contributed by atoms with Crippen LogP contribution in [0.3, 0.4) is 0 Å². The van der Waals surface area contributed by atoms with E-state index in [0.29, 0.717) is 37.7 Å². The average molecular weight is 330 g/mol. The predicted molar refractivity (Wildman–Crippen MR) is 87.9 cm³/mol. The molecular weight excluding hydrogens is 312 g/mol. The van der Waals surface area contributed by atoms with Crippen molar-refractivity contribution in [2.45, 2.75) is 0 Å². The highest BCUT2D eigenvalue weighted by Crippen LogP contribution is 2.17. The van der Waals surface area contributed by atoms with E-state index in [2.05, 4.69) is 10.5 Å². The summed E-state index contributed by atoms with van der Waals surface area (Å²) >= 11 is 0. The van der Waals surface area contributed by atoms with Crippen molar-refractivity contribution in [2.75, 3.05) is 38.3 Å². The Balaban J connectivity index is 1.91. The van der Waals surface area contributed by atoms with E-state index in [1.54, 1.807) is 35.2 Å². The van der Waals surface area contributed by atoms with Gasteiger partial charge in [-0.1, -0.05) is 6.07 Å². The Bertz CT molecular complexity index is 676. The molecule has 1 aromatic carbocycles. The summed E-state index contributed by atoms with van der Waals surface area (Å²) in [4.78, 5) is 13.7. The summed E-state index contributed by atoms with van der Waals surface area (Å²) in [6, 6.07) is 8.46. The van der Waals surface area contributed by atoms with Crippen molar-refractivity contribution in [3.05, 3.63) is 24.3 Å². The van der Waals surface area contributed by atoms with E-state index in [-0.39, 0.29) is 18.2 Å². The zero-order valence-electron chi connectivity index (χ0n) is 13.0. The quantitative estimate of drug-likeness (QED) is 0.386. The fourth-order valence-electron chi connectivity index (χ4n) is 1.97. The van der Waals surface area contributed by atoms with Gasteiger partial charge in [0.1, 0.15) is 11.8 Å². The first-order valence-electron chi connectivity index (χ1n) is 7.26. The van der Waals surface area contributed by atoms with Gasteiger partial charge in [-0.25, -0.2) is 0 Å². The number of nitrogens with zero attached hydrogens (tertiary/aromatic N) is 3. The van der Waals surface area contributed by atoms with Gasteiger partial charge in [-0.15, -0.1) is 0 Å². The number of amides is 1. The van der Waals surface area contributed by atoms with Crippen molar-refractivity contribution < 1.29 is 14.3 Å². The standard InChI is InChI=1S/C15H18N6O3/c16-9-13(15(17)18)20-19-11-2-1-3-12(8-11)24-10-14(22)21-4-6-23-7-5-21/h1-3,8,19H,4-7,10H2,(H3,17,18)/b20-13+. The second kappa shape index (κ2) is 8.50. The summed E-state index contributed by atoms with van der Waals surface area (Å²) in [5.41, 5.74) is 8.15. The Hall–Kier alpha value is -3.12. The van der Waals surface area contributed by atoms with Gasteiger partial charge >= 0.3 is 0 Å². The lowest BCUT2D eigenvalue weighted by atomic mass is 10.3. The highest BCUT2D eigenvalue weighted by atomic mass is 16.5. The molecule has 0 bridgehead atoms. The molecule has 0 saturated carbocycles. The number of nitrogens with one attached hydrogen (secondary N) is 2. The number of carbonyl (C=O) groups excluding carboxylic acids is 1. The highest BCUT2D eigenvalue weighted by Gasteiger charge is 2.17. The van der Waals surface area contributed by atoms with Crippen molar-refractivity contribution in [1.82, 2.24) is 4.90 Å². The van der Waals surface area contributed by atoms with Gasteiger partial charge in [-0.2, -0.15) is 10.4 Å². The Morgan fingerprint density at radius 3 is 2.92 bits per heavy atom. The molecule has 1 amide bonds. The third-order valence-corrected chi connectivity index (χ3v) is 3.22. The molecule has 1 aromatic rings. The maximum Gasteiger partial charge on any atom is 0.260 e. The summed E-state index contributed by atoms with van der Waals surface area (Å²) in [5.74, 6) is -0.0373. The summed E-state index contributed by atoms with van der Waals surface area (Å²) in [7, 11) is 0. The van der Waals surface area contributed by atoms with E-state index < -0.39 is 5.84 Å². The number of amidine groups is 1. The minimum atomic E-state index is -0.423. The summed E-state index contributed by atoms with van der Waals surface area (Å²) < 4.78 is 10.7. The maximum atomic E-state index is 12.0. The van der Waals surface area contributed by atoms with E-state index >= 15 is 0 Å². The molecule has 9 nitrogen and oxygen atoms in total. The van der Waals surface area contributed by atoms with Crippen LogP contribution >= 0.6 is 0 Å². The van der Waals surface area contributed by atoms with Crippen molar-refractivity contribution in [3.63, 3.8) is 0 Å². The fraction of sp³-hybridized carbons (Fsp3) is 0.333. The average Bonchev–Trinajstić information content (AvgIpc) is 2.61. The third-order valence-electron chi connectivity index (χ3n) is 3.22. The number of carbonyl (C=O) groups is 1. The first-order chi connectivity index (χ1) is 11.6. The van der Waals surface area contributed by atoms with Gasteiger partial charge in [0.25, 0.3) is 5.91 Å². The number of hydrogen-bond donors (Lipinski definition) is 3. The van der Waals surface area contributed by atoms with Gasteiger partial charge < -0.3 is 20.1 Å². The first kappa shape index (κ1) is 17.2. The monoisotopic (exact) mass is 330 g/mol. The van der Waals surface area contributed by atoms with Crippen LogP contribution < -0.4 is 15.9 Å². The lowest BCUT2D eigenvalue weighted by molar-refractivity contribution is -0.137. The van der Waals surface area contributed by atoms with Crippen LogP contribution in [0.15, 0.2) is 29.4 Å². The Morgan fingerprint density at radius 2 is 2.25 bits per heavy atom. The fourth-order valence-corrected chi connectivity index (χ4v) is 1.97. The number of hydrogen-bond acceptors (Lipinski definition) is 7. The number of anilines is 1. The van der Waals surface area contributed by atoms with Crippen LogP contribution in [0, 0.1) is 16.7 Å². The summed E-state index contributed by atoms with van der Waals surface area (Å²) in [5, 5.41) is 19.7. The van der Waals surface area contributed by atoms with Crippen molar-refractivity contribution in [2.24, 2.45) is 10.8 Å². The van der Waals surface area contributed by atoms with Crippen molar-refractivity contribution in [1.29, 1.82) is 10.7 Å². The molecule has 24 heavy (non-hydrogen) atoms. The molecule has 126 valence electrons. The second-order valence-electron chi connectivity index (χ2n) is 4.91.